The first-order valence-corrected chi connectivity index (χ1v) is 17.3. The Bertz CT molecular complexity index is 1670. The highest BCUT2D eigenvalue weighted by Crippen LogP contribution is 2.33. The van der Waals surface area contributed by atoms with Gasteiger partial charge < -0.3 is 25.0 Å². The monoisotopic (exact) mass is 695 g/mol. The second kappa shape index (κ2) is 17.2. The highest BCUT2D eigenvalue weighted by Gasteiger charge is 2.44. The lowest BCUT2D eigenvalue weighted by Gasteiger charge is -2.45. The molecule has 0 aliphatic rings. The molecule has 3 unspecified atom stereocenters. The summed E-state index contributed by atoms with van der Waals surface area (Å²) in [4.78, 5) is 58.2. The Labute approximate surface area is 303 Å². The fourth-order valence-corrected chi connectivity index (χ4v) is 5.46. The Hall–Kier alpha value is -5.10. The molecule has 2 N–H and O–H groups in total. The minimum absolute atomic E-state index is 0.133. The molecule has 9 nitrogen and oxygen atoms in total. The Morgan fingerprint density at radius 1 is 0.706 bits per heavy atom. The van der Waals surface area contributed by atoms with Crippen LogP contribution in [-0.2, 0) is 36.7 Å². The second-order valence-electron chi connectivity index (χ2n) is 15.2. The van der Waals surface area contributed by atoms with E-state index in [1.807, 2.05) is 81.4 Å². The minimum atomic E-state index is -1.24. The van der Waals surface area contributed by atoms with Gasteiger partial charge in [0.1, 0.15) is 29.3 Å². The summed E-state index contributed by atoms with van der Waals surface area (Å²) in [5.74, 6) is 0.883. The largest absolute Gasteiger partial charge is 0.458 e. The molecule has 3 atom stereocenters. The molecule has 0 aliphatic heterocycles. The Kier molecular flexibility index (Phi) is 13.6. The van der Waals surface area contributed by atoms with Crippen LogP contribution in [0.4, 0.5) is 4.79 Å². The van der Waals surface area contributed by atoms with Crippen molar-refractivity contribution in [1.82, 2.24) is 15.5 Å². The van der Waals surface area contributed by atoms with E-state index in [2.05, 4.69) is 16.6 Å². The number of ether oxygens (including phenoxy) is 2. The molecule has 0 saturated carbocycles. The van der Waals surface area contributed by atoms with Gasteiger partial charge in [0.2, 0.25) is 11.8 Å². The van der Waals surface area contributed by atoms with E-state index >= 15 is 4.79 Å². The zero-order valence-corrected chi connectivity index (χ0v) is 31.4. The van der Waals surface area contributed by atoms with Crippen molar-refractivity contribution < 1.29 is 28.7 Å². The number of esters is 1. The van der Waals surface area contributed by atoms with E-state index in [9.17, 15) is 14.4 Å². The molecule has 0 fully saturated rings. The first-order valence-electron chi connectivity index (χ1n) is 17.3. The molecule has 9 heteroatoms. The first kappa shape index (κ1) is 40.3. The number of carbonyl (C=O) groups is 4. The highest BCUT2D eigenvalue weighted by molar-refractivity contribution is 5.94. The van der Waals surface area contributed by atoms with Gasteiger partial charge in [-0.2, -0.15) is 0 Å². The molecule has 0 bridgehead atoms. The third-order valence-corrected chi connectivity index (χ3v) is 8.22. The van der Waals surface area contributed by atoms with Gasteiger partial charge in [0.15, 0.2) is 0 Å². The number of nitrogens with zero attached hydrogens (tertiary/aromatic N) is 1. The number of hydrogen-bond acceptors (Lipinski definition) is 6. The number of benzene rings is 3. The van der Waals surface area contributed by atoms with Crippen molar-refractivity contribution in [1.29, 1.82) is 0 Å². The van der Waals surface area contributed by atoms with Gasteiger partial charge in [0.25, 0.3) is 0 Å². The van der Waals surface area contributed by atoms with Crippen LogP contribution in [0.2, 0.25) is 0 Å². The van der Waals surface area contributed by atoms with E-state index in [1.54, 1.807) is 65.8 Å². The van der Waals surface area contributed by atoms with E-state index in [4.69, 9.17) is 15.9 Å². The number of hydrogen-bond donors (Lipinski definition) is 2. The van der Waals surface area contributed by atoms with E-state index in [-0.39, 0.29) is 12.8 Å². The van der Waals surface area contributed by atoms with Gasteiger partial charge in [-0.3, -0.25) is 9.59 Å². The molecular formula is C42H53N3O6. The van der Waals surface area contributed by atoms with Crippen LogP contribution in [0, 0.1) is 12.3 Å². The molecule has 0 radical (unpaired) electrons. The van der Waals surface area contributed by atoms with Crippen molar-refractivity contribution in [3.8, 4) is 12.3 Å². The molecule has 3 aromatic carbocycles. The summed E-state index contributed by atoms with van der Waals surface area (Å²) in [5.41, 5.74) is 0.127. The lowest BCUT2D eigenvalue weighted by atomic mass is 9.90. The van der Waals surface area contributed by atoms with Crippen LogP contribution in [0.1, 0.15) is 97.0 Å². The van der Waals surface area contributed by atoms with Gasteiger partial charge in [-0.05, 0) is 90.6 Å². The molecule has 51 heavy (non-hydrogen) atoms. The lowest BCUT2D eigenvalue weighted by Crippen LogP contribution is -2.60. The molecule has 0 aromatic heterocycles. The van der Waals surface area contributed by atoms with Crippen LogP contribution in [0.15, 0.2) is 84.9 Å². The number of nitrogens with one attached hydrogen (secondary N) is 2. The van der Waals surface area contributed by atoms with Crippen LogP contribution in [-0.4, -0.2) is 57.6 Å². The Morgan fingerprint density at radius 2 is 1.20 bits per heavy atom. The minimum Gasteiger partial charge on any atom is -0.458 e. The zero-order chi connectivity index (χ0) is 38.0. The quantitative estimate of drug-likeness (QED) is 0.148. The van der Waals surface area contributed by atoms with E-state index in [1.165, 1.54) is 4.90 Å². The number of carbonyl (C=O) groups excluding carboxylic acids is 4. The standard InChI is InChI=1S/C42H53N3O6/c1-11-29-23-25-32(26-24-29)35(36(46)43-34(38(48)50-40(3,4)5)28-31-21-17-14-18-22-31)45(42(9,10)12-2)37(47)33(27-30-19-15-13-16-20-30)44-39(49)51-41(6,7)8/h1,13-26,33-35H,12,27-28H2,2-10H3,(H,43,46)(H,44,49). The van der Waals surface area contributed by atoms with Gasteiger partial charge in [-0.1, -0.05) is 85.6 Å². The SMILES string of the molecule is C#Cc1ccc(C(C(=O)NC(Cc2ccccc2)C(=O)OC(C)(C)C)N(C(=O)C(Cc2ccccc2)NC(=O)OC(C)(C)C)C(C)(C)CC)cc1. The maximum absolute atomic E-state index is 15.0. The average Bonchev–Trinajstić information content (AvgIpc) is 3.05. The van der Waals surface area contributed by atoms with E-state index in [0.717, 1.165) is 11.1 Å². The zero-order valence-electron chi connectivity index (χ0n) is 31.4. The normalized spacial score (nSPS) is 13.5. The molecule has 3 rings (SSSR count). The second-order valence-corrected chi connectivity index (χ2v) is 15.2. The van der Waals surface area contributed by atoms with Crippen molar-refractivity contribution in [3.05, 3.63) is 107 Å². The van der Waals surface area contributed by atoms with Crippen LogP contribution >= 0.6 is 0 Å². The summed E-state index contributed by atoms with van der Waals surface area (Å²) < 4.78 is 11.3. The molecule has 0 spiro atoms. The van der Waals surface area contributed by atoms with Gasteiger partial charge in [0.05, 0.1) is 0 Å². The number of alkyl carbamates (subject to hydrolysis) is 1. The summed E-state index contributed by atoms with van der Waals surface area (Å²) in [7, 11) is 0. The third kappa shape index (κ3) is 12.3. The molecule has 0 heterocycles. The average molecular weight is 696 g/mol. The van der Waals surface area contributed by atoms with Gasteiger partial charge in [-0.15, -0.1) is 6.42 Å². The summed E-state index contributed by atoms with van der Waals surface area (Å²) in [6.45, 7) is 16.2. The lowest BCUT2D eigenvalue weighted by molar-refractivity contribution is -0.159. The summed E-state index contributed by atoms with van der Waals surface area (Å²) in [6, 6.07) is 22.0. The summed E-state index contributed by atoms with van der Waals surface area (Å²) in [5, 5.41) is 5.74. The fourth-order valence-electron chi connectivity index (χ4n) is 5.46. The number of rotatable bonds is 13. The van der Waals surface area contributed by atoms with Crippen molar-refractivity contribution in [2.45, 2.75) is 116 Å². The number of terminal acetylenes is 1. The van der Waals surface area contributed by atoms with Crippen LogP contribution in [0.3, 0.4) is 0 Å². The van der Waals surface area contributed by atoms with Crippen LogP contribution < -0.4 is 10.6 Å². The van der Waals surface area contributed by atoms with Gasteiger partial charge in [0, 0.05) is 23.9 Å². The summed E-state index contributed by atoms with van der Waals surface area (Å²) in [6.07, 6.45) is 5.64. The van der Waals surface area contributed by atoms with E-state index in [0.29, 0.717) is 17.5 Å². The number of amides is 3. The molecule has 3 amide bonds. The maximum atomic E-state index is 15.0. The van der Waals surface area contributed by atoms with Crippen molar-refractivity contribution in [2.24, 2.45) is 0 Å². The van der Waals surface area contributed by atoms with Gasteiger partial charge >= 0.3 is 12.1 Å². The van der Waals surface area contributed by atoms with Crippen molar-refractivity contribution in [3.63, 3.8) is 0 Å². The molecule has 0 aliphatic carbocycles. The molecular weight excluding hydrogens is 642 g/mol. The first-order chi connectivity index (χ1) is 23.8. The van der Waals surface area contributed by atoms with Gasteiger partial charge in [-0.25, -0.2) is 9.59 Å². The smallest absolute Gasteiger partial charge is 0.408 e. The molecule has 0 saturated heterocycles. The highest BCUT2D eigenvalue weighted by atomic mass is 16.6. The topological polar surface area (TPSA) is 114 Å². The molecule has 3 aromatic rings. The van der Waals surface area contributed by atoms with E-state index < -0.39 is 58.7 Å². The van der Waals surface area contributed by atoms with Crippen LogP contribution in [0.25, 0.3) is 0 Å². The Balaban J connectivity index is 2.18. The molecule has 272 valence electrons. The van der Waals surface area contributed by atoms with Crippen molar-refractivity contribution in [2.75, 3.05) is 0 Å². The van der Waals surface area contributed by atoms with Crippen molar-refractivity contribution >= 4 is 23.9 Å². The fraction of sp³-hybridized carbons (Fsp3) is 0.429. The summed E-state index contributed by atoms with van der Waals surface area (Å²) >= 11 is 0. The maximum Gasteiger partial charge on any atom is 0.408 e. The third-order valence-electron chi connectivity index (χ3n) is 8.22. The Morgan fingerprint density at radius 3 is 1.65 bits per heavy atom. The predicted octanol–water partition coefficient (Wildman–Crippen LogP) is 6.93. The van der Waals surface area contributed by atoms with Crippen LogP contribution in [0.5, 0.6) is 0 Å². The predicted molar refractivity (Wildman–Crippen MR) is 200 cm³/mol.